The lowest BCUT2D eigenvalue weighted by atomic mass is 10.1. The van der Waals surface area contributed by atoms with Gasteiger partial charge in [-0.15, -0.1) is 0 Å². The Labute approximate surface area is 104 Å². The first-order valence-electron chi connectivity index (χ1n) is 5.71. The number of aromatic hydroxyl groups is 1. The van der Waals surface area contributed by atoms with E-state index in [0.717, 1.165) is 17.6 Å². The number of aromatic nitrogens is 2. The summed E-state index contributed by atoms with van der Waals surface area (Å²) in [6.45, 7) is 3.34. The minimum Gasteiger partial charge on any atom is -0.493 e. The molecule has 3 rings (SSSR count). The number of nitrogens with zero attached hydrogens (tertiary/aromatic N) is 2. The van der Waals surface area contributed by atoms with E-state index in [4.69, 9.17) is 0 Å². The maximum atomic E-state index is 12.2. The quantitative estimate of drug-likeness (QED) is 0.740. The normalized spacial score (nSPS) is 22.6. The van der Waals surface area contributed by atoms with Crippen LogP contribution in [0, 0.1) is 0 Å². The van der Waals surface area contributed by atoms with E-state index < -0.39 is 0 Å². The predicted molar refractivity (Wildman–Crippen MR) is 69.5 cm³/mol. The molecule has 2 aliphatic rings. The van der Waals surface area contributed by atoms with Gasteiger partial charge in [-0.05, 0) is 24.5 Å². The first-order chi connectivity index (χ1) is 8.11. The molecule has 0 fully saturated rings. The zero-order valence-corrected chi connectivity index (χ0v) is 10.4. The molecule has 1 atom stereocenters. The fraction of sp³-hybridized carbons (Fsp3) is 0.417. The molecule has 0 radical (unpaired) electrons. The third-order valence-corrected chi connectivity index (χ3v) is 4.09. The van der Waals surface area contributed by atoms with Gasteiger partial charge in [0.1, 0.15) is 5.56 Å². The largest absolute Gasteiger partial charge is 0.493 e. The minimum absolute atomic E-state index is 0.0449. The van der Waals surface area contributed by atoms with Gasteiger partial charge in [0.05, 0.1) is 0 Å². The highest BCUT2D eigenvalue weighted by Gasteiger charge is 2.27. The Morgan fingerprint density at radius 3 is 2.71 bits per heavy atom. The molecule has 0 amide bonds. The Morgan fingerprint density at radius 1 is 1.41 bits per heavy atom. The van der Waals surface area contributed by atoms with Gasteiger partial charge < -0.3 is 5.11 Å². The maximum absolute atomic E-state index is 12.2. The van der Waals surface area contributed by atoms with Crippen LogP contribution >= 0.6 is 12.6 Å². The van der Waals surface area contributed by atoms with Gasteiger partial charge in [-0.2, -0.15) is 12.6 Å². The molecule has 1 aliphatic carbocycles. The van der Waals surface area contributed by atoms with Crippen LogP contribution in [-0.4, -0.2) is 19.7 Å². The van der Waals surface area contributed by atoms with Gasteiger partial charge in [-0.1, -0.05) is 12.2 Å². The summed E-state index contributed by atoms with van der Waals surface area (Å²) in [5.74, 6) is 0.0916. The van der Waals surface area contributed by atoms with Crippen molar-refractivity contribution in [1.29, 1.82) is 0 Å². The standard InChI is InChI=1S/C12H14N2O2S/c1-7-8(3-4-9(7)17)10-11(15)13-5-2-6-14(13)12(10)16/h3-4,9,15,17H,2,5-6H2,1H3. The molecule has 4 nitrogen and oxygen atoms in total. The van der Waals surface area contributed by atoms with Gasteiger partial charge in [0.2, 0.25) is 5.88 Å². The summed E-state index contributed by atoms with van der Waals surface area (Å²) >= 11 is 4.39. The predicted octanol–water partition coefficient (Wildman–Crippen LogP) is 1.40. The van der Waals surface area contributed by atoms with Gasteiger partial charge in [0.25, 0.3) is 5.56 Å². The van der Waals surface area contributed by atoms with E-state index in [2.05, 4.69) is 12.6 Å². The van der Waals surface area contributed by atoms with E-state index in [1.165, 1.54) is 0 Å². The topological polar surface area (TPSA) is 47.2 Å². The zero-order valence-electron chi connectivity index (χ0n) is 9.55. The van der Waals surface area contributed by atoms with E-state index in [1.807, 2.05) is 19.1 Å². The lowest BCUT2D eigenvalue weighted by Gasteiger charge is -2.04. The Bertz CT molecular complexity index is 607. The van der Waals surface area contributed by atoms with Crippen molar-refractivity contribution in [3.63, 3.8) is 0 Å². The first kappa shape index (κ1) is 10.8. The molecule has 0 spiro atoms. The number of rotatable bonds is 1. The summed E-state index contributed by atoms with van der Waals surface area (Å²) in [6, 6.07) is 0. The fourth-order valence-corrected chi connectivity index (χ4v) is 2.76. The molecular formula is C12H14N2O2S. The third-order valence-electron chi connectivity index (χ3n) is 3.53. The van der Waals surface area contributed by atoms with E-state index >= 15 is 0 Å². The van der Waals surface area contributed by atoms with Gasteiger partial charge in [0, 0.05) is 18.3 Å². The van der Waals surface area contributed by atoms with Gasteiger partial charge in [-0.3, -0.25) is 9.48 Å². The molecule has 2 heterocycles. The van der Waals surface area contributed by atoms with Crippen LogP contribution in [0.3, 0.4) is 0 Å². The molecule has 5 heteroatoms. The number of allylic oxidation sites excluding steroid dienone is 2. The second-order valence-electron chi connectivity index (χ2n) is 4.50. The molecule has 1 N–H and O–H groups in total. The Balaban J connectivity index is 2.25. The Kier molecular flexibility index (Phi) is 2.26. The summed E-state index contributed by atoms with van der Waals surface area (Å²) in [6.07, 6.45) is 4.71. The molecule has 17 heavy (non-hydrogen) atoms. The third kappa shape index (κ3) is 1.35. The van der Waals surface area contributed by atoms with Crippen molar-refractivity contribution < 1.29 is 5.11 Å². The first-order valence-corrected chi connectivity index (χ1v) is 6.23. The van der Waals surface area contributed by atoms with Crippen LogP contribution < -0.4 is 5.56 Å². The van der Waals surface area contributed by atoms with Crippen LogP contribution in [0.15, 0.2) is 22.5 Å². The van der Waals surface area contributed by atoms with Gasteiger partial charge in [0.15, 0.2) is 0 Å². The molecule has 1 aromatic heterocycles. The lowest BCUT2D eigenvalue weighted by molar-refractivity contribution is 0.397. The molecule has 1 aliphatic heterocycles. The van der Waals surface area contributed by atoms with Crippen LogP contribution in [0.5, 0.6) is 5.88 Å². The van der Waals surface area contributed by atoms with Crippen LogP contribution in [0.4, 0.5) is 0 Å². The number of thiol groups is 1. The Hall–Kier alpha value is -1.36. The number of hydrogen-bond donors (Lipinski definition) is 2. The lowest BCUT2D eigenvalue weighted by Crippen LogP contribution is -2.18. The van der Waals surface area contributed by atoms with Crippen LogP contribution in [0.1, 0.15) is 18.9 Å². The summed E-state index contributed by atoms with van der Waals surface area (Å²) in [4.78, 5) is 12.2. The average Bonchev–Trinajstić information content (AvgIpc) is 2.94. The summed E-state index contributed by atoms with van der Waals surface area (Å²) < 4.78 is 3.28. The van der Waals surface area contributed by atoms with Crippen LogP contribution in [0.2, 0.25) is 0 Å². The molecule has 0 aromatic carbocycles. The van der Waals surface area contributed by atoms with Gasteiger partial charge in [-0.25, -0.2) is 4.68 Å². The maximum Gasteiger partial charge on any atom is 0.278 e. The van der Waals surface area contributed by atoms with Crippen molar-refractivity contribution in [1.82, 2.24) is 9.36 Å². The van der Waals surface area contributed by atoms with E-state index in [1.54, 1.807) is 9.36 Å². The van der Waals surface area contributed by atoms with E-state index in [-0.39, 0.29) is 16.7 Å². The highest BCUT2D eigenvalue weighted by Crippen LogP contribution is 2.34. The van der Waals surface area contributed by atoms with Crippen LogP contribution in [-0.2, 0) is 13.1 Å². The second-order valence-corrected chi connectivity index (χ2v) is 5.06. The monoisotopic (exact) mass is 250 g/mol. The fourth-order valence-electron chi connectivity index (χ4n) is 2.54. The molecular weight excluding hydrogens is 236 g/mol. The van der Waals surface area contributed by atoms with Crippen LogP contribution in [0.25, 0.3) is 5.57 Å². The van der Waals surface area contributed by atoms with Crippen molar-refractivity contribution in [2.45, 2.75) is 31.7 Å². The van der Waals surface area contributed by atoms with Crippen molar-refractivity contribution >= 4 is 18.2 Å². The second kappa shape index (κ2) is 3.57. The molecule has 90 valence electrons. The van der Waals surface area contributed by atoms with Gasteiger partial charge >= 0.3 is 0 Å². The highest BCUT2D eigenvalue weighted by molar-refractivity contribution is 7.81. The molecule has 1 unspecified atom stereocenters. The summed E-state index contributed by atoms with van der Waals surface area (Å²) in [7, 11) is 0. The van der Waals surface area contributed by atoms with Crippen molar-refractivity contribution in [2.24, 2.45) is 0 Å². The molecule has 0 saturated carbocycles. The smallest absolute Gasteiger partial charge is 0.278 e. The van der Waals surface area contributed by atoms with Crippen molar-refractivity contribution in [3.8, 4) is 5.88 Å². The number of hydrogen-bond acceptors (Lipinski definition) is 3. The molecule has 1 aromatic rings. The summed E-state index contributed by atoms with van der Waals surface area (Å²) in [5, 5.41) is 10.2. The SMILES string of the molecule is CC1=C(c2c(O)n3n(c2=O)CCC3)C=CC1S. The molecule has 0 saturated heterocycles. The highest BCUT2D eigenvalue weighted by atomic mass is 32.1. The minimum atomic E-state index is -0.0959. The van der Waals surface area contributed by atoms with E-state index in [9.17, 15) is 9.90 Å². The summed E-state index contributed by atoms with van der Waals surface area (Å²) in [5.41, 5.74) is 2.17. The molecule has 0 bridgehead atoms. The average molecular weight is 250 g/mol. The Morgan fingerprint density at radius 2 is 2.12 bits per heavy atom. The van der Waals surface area contributed by atoms with Crippen molar-refractivity contribution in [2.75, 3.05) is 0 Å². The zero-order chi connectivity index (χ0) is 12.2. The van der Waals surface area contributed by atoms with E-state index in [0.29, 0.717) is 18.7 Å². The van der Waals surface area contributed by atoms with Crippen molar-refractivity contribution in [3.05, 3.63) is 33.6 Å². The number of fused-ring (bicyclic) bond motifs is 1.